The molecule has 2 saturated heterocycles. The number of hydrogen-bond donors (Lipinski definition) is 5. The Balaban J connectivity index is 0.794. The van der Waals surface area contributed by atoms with Gasteiger partial charge in [0.2, 0.25) is 11.8 Å². The number of rotatable bonds is 14. The Labute approximate surface area is 366 Å². The van der Waals surface area contributed by atoms with E-state index >= 15 is 0 Å². The lowest BCUT2D eigenvalue weighted by molar-refractivity contribution is -0.148. The zero-order chi connectivity index (χ0) is 44.4. The number of nitrogens with one attached hydrogen (secondary N) is 3. The topological polar surface area (TPSA) is 229 Å². The van der Waals surface area contributed by atoms with Gasteiger partial charge in [0.1, 0.15) is 24.2 Å². The summed E-state index contributed by atoms with van der Waals surface area (Å²) >= 11 is 1.57. The van der Waals surface area contributed by atoms with Gasteiger partial charge in [-0.15, -0.1) is 21.5 Å². The molecule has 0 aliphatic carbocycles. The first kappa shape index (κ1) is 43.0. The van der Waals surface area contributed by atoms with Crippen LogP contribution < -0.4 is 15.4 Å². The van der Waals surface area contributed by atoms with Crippen molar-refractivity contribution in [2.75, 3.05) is 32.8 Å². The van der Waals surface area contributed by atoms with E-state index in [4.69, 9.17) is 9.26 Å². The van der Waals surface area contributed by atoms with E-state index in [1.165, 1.54) is 9.80 Å². The van der Waals surface area contributed by atoms with Crippen molar-refractivity contribution in [2.45, 2.75) is 70.6 Å². The molecule has 2 aromatic carbocycles. The molecule has 328 valence electrons. The van der Waals surface area contributed by atoms with Gasteiger partial charge in [-0.2, -0.15) is 0 Å². The second-order valence-corrected chi connectivity index (χ2v) is 17.3. The molecule has 4 aromatic heterocycles. The van der Waals surface area contributed by atoms with E-state index in [9.17, 15) is 29.4 Å². The molecule has 17 nitrogen and oxygen atoms in total. The number of nitrogens with zero attached hydrogens (tertiary/aromatic N) is 6. The maximum Gasteiger partial charge on any atom is 0.311 e. The van der Waals surface area contributed by atoms with Crippen molar-refractivity contribution in [3.63, 3.8) is 0 Å². The lowest BCUT2D eigenvalue weighted by Crippen LogP contribution is -2.53. The maximum atomic E-state index is 13.8. The first-order valence-corrected chi connectivity index (χ1v) is 21.8. The number of phenolic OH excluding ortho intramolecular Hbond substituents is 1. The smallest absolute Gasteiger partial charge is 0.311 e. The third kappa shape index (κ3) is 9.27. The fraction of sp³-hybridized carbons (Fsp3) is 0.378. The minimum absolute atomic E-state index is 0.00534. The first-order valence-electron chi connectivity index (χ1n) is 20.9. The molecule has 2 aliphatic rings. The summed E-state index contributed by atoms with van der Waals surface area (Å²) in [4.78, 5) is 64.5. The van der Waals surface area contributed by atoms with Crippen molar-refractivity contribution in [2.24, 2.45) is 5.92 Å². The zero-order valence-corrected chi connectivity index (χ0v) is 36.1. The van der Waals surface area contributed by atoms with Crippen LogP contribution in [-0.2, 0) is 19.2 Å². The number of β-amino-alcohol motifs (C(OH)–C–C–N with tert-alkyl or cyclic N) is 1. The Morgan fingerprint density at radius 1 is 1.03 bits per heavy atom. The number of amides is 4. The number of H-pyrrole nitrogens is 1. The molecule has 5 N–H and O–H groups in total. The second-order valence-electron chi connectivity index (χ2n) is 16.5. The van der Waals surface area contributed by atoms with Crippen LogP contribution in [0.2, 0.25) is 0 Å². The number of hydrogen-bond acceptors (Lipinski definition) is 13. The molecular formula is C45H49N9O8S. The highest BCUT2D eigenvalue weighted by Crippen LogP contribution is 2.36. The van der Waals surface area contributed by atoms with Gasteiger partial charge in [0.25, 0.3) is 5.88 Å². The van der Waals surface area contributed by atoms with Crippen molar-refractivity contribution < 1.29 is 38.7 Å². The van der Waals surface area contributed by atoms with E-state index in [0.29, 0.717) is 35.8 Å². The van der Waals surface area contributed by atoms with Crippen LogP contribution in [0.1, 0.15) is 74.1 Å². The zero-order valence-electron chi connectivity index (χ0n) is 35.3. The first-order chi connectivity index (χ1) is 30.3. The molecule has 0 unspecified atom stereocenters. The van der Waals surface area contributed by atoms with E-state index in [1.807, 2.05) is 75.8 Å². The maximum absolute atomic E-state index is 13.8. The monoisotopic (exact) mass is 875 g/mol. The number of phenols is 1. The highest BCUT2D eigenvalue weighted by molar-refractivity contribution is 7.13. The van der Waals surface area contributed by atoms with Crippen LogP contribution in [-0.4, -0.2) is 114 Å². The number of aromatic nitrogens is 5. The summed E-state index contributed by atoms with van der Waals surface area (Å²) in [5, 5.41) is 39.8. The van der Waals surface area contributed by atoms with Gasteiger partial charge in [-0.05, 0) is 59.8 Å². The van der Waals surface area contributed by atoms with Gasteiger partial charge in [-0.25, -0.2) is 4.98 Å². The van der Waals surface area contributed by atoms with Crippen LogP contribution >= 0.6 is 11.3 Å². The van der Waals surface area contributed by atoms with Crippen molar-refractivity contribution in [1.29, 1.82) is 0 Å². The van der Waals surface area contributed by atoms with Gasteiger partial charge < -0.3 is 44.9 Å². The summed E-state index contributed by atoms with van der Waals surface area (Å²) in [6.07, 6.45) is 1.14. The number of aryl methyl sites for hydroxylation is 1. The number of likely N-dealkylation sites (tertiary alicyclic amines) is 2. The van der Waals surface area contributed by atoms with Crippen LogP contribution in [0.5, 0.6) is 11.6 Å². The number of fused-ring (bicyclic) bond motifs is 1. The Bertz CT molecular complexity index is 2620. The number of thiazole rings is 1. The van der Waals surface area contributed by atoms with Gasteiger partial charge in [0.15, 0.2) is 5.65 Å². The quantitative estimate of drug-likeness (QED) is 0.0732. The van der Waals surface area contributed by atoms with Crippen LogP contribution in [0.15, 0.2) is 76.9 Å². The molecule has 8 rings (SSSR count). The van der Waals surface area contributed by atoms with Gasteiger partial charge >= 0.3 is 11.8 Å². The van der Waals surface area contributed by atoms with Crippen LogP contribution in [0.3, 0.4) is 0 Å². The number of aliphatic hydroxyl groups excluding tert-OH is 1. The second kappa shape index (κ2) is 18.4. The molecule has 4 atom stereocenters. The van der Waals surface area contributed by atoms with E-state index < -0.39 is 29.9 Å². The van der Waals surface area contributed by atoms with Crippen molar-refractivity contribution in [3.05, 3.63) is 95.0 Å². The standard InChI is InChI=1S/C45H49N9O8S/c1-24(2)32(17-40(57)54-22-30(55)15-36(54)43(58)49-25(3)27-9-11-28(12-10-27)41-26(4)48-23-63-41)38-18-39(52-62-38)61-14-13-46-44(59)45(60)53-20-29(21-53)34-19-47-42-33(34)16-35(50-51-42)31-7-5-6-8-37(31)56/h5-12,16,18-19,23-25,29-30,32,36,55-56H,13-15,17,20-22H2,1-4H3,(H,46,59)(H,47,51)(H,49,58)/t25-,30+,32+,36-/m0/s1. The lowest BCUT2D eigenvalue weighted by Gasteiger charge is -2.38. The van der Waals surface area contributed by atoms with E-state index in [-0.39, 0.29) is 73.9 Å². The SMILES string of the molecule is Cc1ncsc1-c1ccc([C@H](C)NC(=O)[C@@H]2C[C@@H](O)CN2C(=O)C[C@@H](c2cc(OCCNC(=O)C(=O)N3CC(c4c[nH]c5nnc(-c6ccccc6O)cc45)C3)no2)C(C)C)cc1. The van der Waals surface area contributed by atoms with Gasteiger partial charge in [0, 0.05) is 67.5 Å². The van der Waals surface area contributed by atoms with Crippen LogP contribution in [0, 0.1) is 12.8 Å². The molecule has 4 amide bonds. The Hall–Kier alpha value is -6.66. The third-order valence-corrected chi connectivity index (χ3v) is 12.8. The summed E-state index contributed by atoms with van der Waals surface area (Å²) in [6.45, 7) is 8.52. The molecule has 6 heterocycles. The number of ether oxygens (including phenoxy) is 1. The largest absolute Gasteiger partial charge is 0.507 e. The summed E-state index contributed by atoms with van der Waals surface area (Å²) < 4.78 is 11.3. The molecule has 0 radical (unpaired) electrons. The average Bonchev–Trinajstić information content (AvgIpc) is 4.08. The number of aromatic amines is 1. The summed E-state index contributed by atoms with van der Waals surface area (Å²) in [6, 6.07) is 17.1. The van der Waals surface area contributed by atoms with Crippen molar-refractivity contribution in [3.8, 4) is 33.3 Å². The van der Waals surface area contributed by atoms with Gasteiger partial charge in [-0.3, -0.25) is 19.2 Å². The van der Waals surface area contributed by atoms with Crippen LogP contribution in [0.25, 0.3) is 32.7 Å². The molecule has 18 heteroatoms. The fourth-order valence-electron chi connectivity index (χ4n) is 8.20. The summed E-state index contributed by atoms with van der Waals surface area (Å²) in [7, 11) is 0. The van der Waals surface area contributed by atoms with E-state index in [2.05, 4.69) is 36.0 Å². The van der Waals surface area contributed by atoms with E-state index in [1.54, 1.807) is 35.6 Å². The normalized spacial score (nSPS) is 17.4. The minimum Gasteiger partial charge on any atom is -0.507 e. The number of aliphatic hydroxyl groups is 1. The van der Waals surface area contributed by atoms with Crippen molar-refractivity contribution >= 4 is 46.0 Å². The number of benzene rings is 2. The van der Waals surface area contributed by atoms with Gasteiger partial charge in [-0.1, -0.05) is 50.2 Å². The number of carbonyl (C=O) groups is 4. The predicted octanol–water partition coefficient (Wildman–Crippen LogP) is 4.84. The molecule has 0 spiro atoms. The third-order valence-electron chi connectivity index (χ3n) is 11.8. The predicted molar refractivity (Wildman–Crippen MR) is 232 cm³/mol. The lowest BCUT2D eigenvalue weighted by atomic mass is 9.89. The molecular weight excluding hydrogens is 827 g/mol. The molecule has 2 aliphatic heterocycles. The highest BCUT2D eigenvalue weighted by Gasteiger charge is 2.41. The van der Waals surface area contributed by atoms with E-state index in [0.717, 1.165) is 32.6 Å². The number of aromatic hydroxyl groups is 1. The Morgan fingerprint density at radius 3 is 2.54 bits per heavy atom. The summed E-state index contributed by atoms with van der Waals surface area (Å²) in [5.41, 5.74) is 7.35. The Kier molecular flexibility index (Phi) is 12.5. The molecule has 2 fully saturated rings. The molecule has 6 aromatic rings. The molecule has 0 saturated carbocycles. The Morgan fingerprint density at radius 2 is 1.81 bits per heavy atom. The van der Waals surface area contributed by atoms with Gasteiger partial charge in [0.05, 0.1) is 40.5 Å². The molecule has 0 bridgehead atoms. The number of carbonyl (C=O) groups excluding carboxylic acids is 4. The minimum atomic E-state index is -0.837. The van der Waals surface area contributed by atoms with Crippen LogP contribution in [0.4, 0.5) is 0 Å². The average molecular weight is 876 g/mol. The fourth-order valence-corrected chi connectivity index (χ4v) is 9.01. The molecule has 63 heavy (non-hydrogen) atoms. The summed E-state index contributed by atoms with van der Waals surface area (Å²) in [5.74, 6) is -1.84. The number of para-hydroxylation sites is 1. The highest BCUT2D eigenvalue weighted by atomic mass is 32.1. The van der Waals surface area contributed by atoms with Crippen molar-refractivity contribution in [1.82, 2.24) is 45.8 Å².